The molecular weight excluding hydrogens is 468 g/mol. The lowest BCUT2D eigenvalue weighted by atomic mass is 9.96. The number of rotatable bonds is 9. The molecule has 30 heavy (non-hydrogen) atoms. The van der Waals surface area contributed by atoms with E-state index in [9.17, 15) is 18.0 Å². The molecule has 2 aromatic carbocycles. The number of carbonyl (C=O) groups is 2. The van der Waals surface area contributed by atoms with Gasteiger partial charge in [0, 0.05) is 22.7 Å². The predicted octanol–water partition coefficient (Wildman–Crippen LogP) is 2.83. The third kappa shape index (κ3) is 5.92. The highest BCUT2D eigenvalue weighted by molar-refractivity contribution is 9.10. The molecule has 0 saturated heterocycles. The zero-order chi connectivity index (χ0) is 21.8. The molecule has 1 aliphatic carbocycles. The van der Waals surface area contributed by atoms with Gasteiger partial charge in [-0.2, -0.15) is 0 Å². The second-order valence-corrected chi connectivity index (χ2v) is 10.9. The Hall–Kier alpha value is -2.19. The third-order valence-electron chi connectivity index (χ3n) is 5.36. The number of hydrogen-bond donors (Lipinski definition) is 2. The Kier molecular flexibility index (Phi) is 6.98. The highest BCUT2D eigenvalue weighted by Gasteiger charge is 2.44. The zero-order valence-electron chi connectivity index (χ0n) is 16.7. The van der Waals surface area contributed by atoms with Crippen LogP contribution < -0.4 is 10.6 Å². The Balaban J connectivity index is 1.69. The van der Waals surface area contributed by atoms with Crippen LogP contribution in [0.4, 0.5) is 0 Å². The second kappa shape index (κ2) is 9.31. The molecule has 2 amide bonds. The van der Waals surface area contributed by atoms with Crippen molar-refractivity contribution in [1.82, 2.24) is 10.6 Å². The fourth-order valence-electron chi connectivity index (χ4n) is 3.37. The molecule has 1 atom stereocenters. The van der Waals surface area contributed by atoms with E-state index in [4.69, 9.17) is 0 Å². The lowest BCUT2D eigenvalue weighted by Crippen LogP contribution is -2.49. The van der Waals surface area contributed by atoms with Crippen molar-refractivity contribution < 1.29 is 18.0 Å². The molecule has 0 bridgehead atoms. The minimum absolute atomic E-state index is 0.0131. The summed E-state index contributed by atoms with van der Waals surface area (Å²) < 4.78 is 23.9. The van der Waals surface area contributed by atoms with E-state index >= 15 is 0 Å². The molecule has 1 fully saturated rings. The van der Waals surface area contributed by atoms with Gasteiger partial charge >= 0.3 is 0 Å². The van der Waals surface area contributed by atoms with E-state index in [2.05, 4.69) is 38.7 Å². The molecule has 6 nitrogen and oxygen atoms in total. The Bertz CT molecular complexity index is 1020. The normalized spacial score (nSPS) is 15.8. The smallest absolute Gasteiger partial charge is 0.253 e. The van der Waals surface area contributed by atoms with E-state index in [0.29, 0.717) is 16.6 Å². The quantitative estimate of drug-likeness (QED) is 0.562. The van der Waals surface area contributed by atoms with Crippen LogP contribution in [0.5, 0.6) is 0 Å². The topological polar surface area (TPSA) is 92.3 Å². The Labute approximate surface area is 185 Å². The van der Waals surface area contributed by atoms with Crippen molar-refractivity contribution in [2.45, 2.75) is 30.7 Å². The molecule has 2 aromatic rings. The summed E-state index contributed by atoms with van der Waals surface area (Å²) in [5, 5.41) is 5.63. The number of sulfone groups is 1. The average Bonchev–Trinajstić information content (AvgIpc) is 3.51. The number of hydrogen-bond acceptors (Lipinski definition) is 4. The van der Waals surface area contributed by atoms with Crippen molar-refractivity contribution in [1.29, 1.82) is 0 Å². The molecule has 1 aliphatic rings. The third-order valence-corrected chi connectivity index (χ3v) is 7.03. The highest BCUT2D eigenvalue weighted by atomic mass is 79.9. The van der Waals surface area contributed by atoms with Crippen molar-refractivity contribution in [3.63, 3.8) is 0 Å². The van der Waals surface area contributed by atoms with Gasteiger partial charge in [0.15, 0.2) is 0 Å². The lowest BCUT2D eigenvalue weighted by molar-refractivity contribution is -0.123. The number of nitrogens with one attached hydrogen (secondary N) is 2. The number of carbonyl (C=O) groups excluding carboxylic acids is 2. The van der Waals surface area contributed by atoms with Crippen LogP contribution in [0.1, 0.15) is 35.2 Å². The Morgan fingerprint density at radius 2 is 1.70 bits per heavy atom. The summed E-state index contributed by atoms with van der Waals surface area (Å²) in [7, 11) is -3.28. The van der Waals surface area contributed by atoms with E-state index in [1.54, 1.807) is 24.3 Å². The highest BCUT2D eigenvalue weighted by Crippen LogP contribution is 2.47. The summed E-state index contributed by atoms with van der Waals surface area (Å²) in [5.41, 5.74) is 1.48. The first-order valence-electron chi connectivity index (χ1n) is 9.77. The van der Waals surface area contributed by atoms with Crippen LogP contribution in [-0.4, -0.2) is 44.8 Å². The summed E-state index contributed by atoms with van der Waals surface area (Å²) in [6.45, 7) is 0.454. The van der Waals surface area contributed by atoms with E-state index in [-0.39, 0.29) is 23.5 Å². The summed E-state index contributed by atoms with van der Waals surface area (Å²) >= 11 is 3.33. The summed E-state index contributed by atoms with van der Waals surface area (Å²) in [5.74, 6) is -0.993. The maximum absolute atomic E-state index is 12.9. The fourth-order valence-corrected chi connectivity index (χ4v) is 4.50. The minimum Gasteiger partial charge on any atom is -0.353 e. The zero-order valence-corrected chi connectivity index (χ0v) is 19.1. The maximum Gasteiger partial charge on any atom is 0.253 e. The predicted molar refractivity (Wildman–Crippen MR) is 120 cm³/mol. The van der Waals surface area contributed by atoms with Crippen molar-refractivity contribution in [3.8, 4) is 0 Å². The SMILES string of the molecule is CS(=O)(=O)CCC(NC(=O)c1ccccc1Br)C(=O)NCC1(c2ccccc2)CC1. The molecule has 160 valence electrons. The Morgan fingerprint density at radius 3 is 2.30 bits per heavy atom. The molecule has 0 spiro atoms. The van der Waals surface area contributed by atoms with Crippen LogP contribution in [0, 0.1) is 0 Å². The second-order valence-electron chi connectivity index (χ2n) is 7.79. The van der Waals surface area contributed by atoms with Gasteiger partial charge in [-0.3, -0.25) is 9.59 Å². The van der Waals surface area contributed by atoms with E-state index < -0.39 is 21.8 Å². The van der Waals surface area contributed by atoms with Gasteiger partial charge in [0.1, 0.15) is 15.9 Å². The first-order chi connectivity index (χ1) is 14.2. The first-order valence-corrected chi connectivity index (χ1v) is 12.6. The molecule has 0 aromatic heterocycles. The largest absolute Gasteiger partial charge is 0.353 e. The van der Waals surface area contributed by atoms with Gasteiger partial charge in [-0.25, -0.2) is 8.42 Å². The van der Waals surface area contributed by atoms with Crippen molar-refractivity contribution >= 4 is 37.6 Å². The van der Waals surface area contributed by atoms with E-state index in [1.165, 1.54) is 5.56 Å². The molecule has 0 aliphatic heterocycles. The average molecular weight is 493 g/mol. The van der Waals surface area contributed by atoms with Crippen LogP contribution in [-0.2, 0) is 20.0 Å². The van der Waals surface area contributed by atoms with Crippen LogP contribution in [0.25, 0.3) is 0 Å². The van der Waals surface area contributed by atoms with E-state index in [0.717, 1.165) is 19.1 Å². The molecule has 8 heteroatoms. The van der Waals surface area contributed by atoms with Crippen molar-refractivity contribution in [2.24, 2.45) is 0 Å². The standard InChI is InChI=1S/C22H25BrN2O4S/c1-30(28,29)14-11-19(25-20(26)17-9-5-6-10-18(17)23)21(27)24-15-22(12-13-22)16-7-3-2-4-8-16/h2-10,19H,11-15H2,1H3,(H,24,27)(H,25,26). The molecule has 1 saturated carbocycles. The lowest BCUT2D eigenvalue weighted by Gasteiger charge is -2.21. The van der Waals surface area contributed by atoms with Gasteiger partial charge < -0.3 is 10.6 Å². The van der Waals surface area contributed by atoms with Gasteiger partial charge in [-0.05, 0) is 52.9 Å². The number of halogens is 1. The van der Waals surface area contributed by atoms with Gasteiger partial charge in [0.25, 0.3) is 5.91 Å². The van der Waals surface area contributed by atoms with Gasteiger partial charge in [0.2, 0.25) is 5.91 Å². The molecule has 0 radical (unpaired) electrons. The first kappa shape index (κ1) is 22.5. The summed E-state index contributed by atoms with van der Waals surface area (Å²) in [6.07, 6.45) is 3.09. The fraction of sp³-hybridized carbons (Fsp3) is 0.364. The maximum atomic E-state index is 12.9. The Morgan fingerprint density at radius 1 is 1.07 bits per heavy atom. The van der Waals surface area contributed by atoms with Crippen molar-refractivity contribution in [3.05, 3.63) is 70.2 Å². The molecule has 3 rings (SSSR count). The van der Waals surface area contributed by atoms with Crippen LogP contribution in [0.3, 0.4) is 0 Å². The van der Waals surface area contributed by atoms with Gasteiger partial charge in [0.05, 0.1) is 11.3 Å². The molecule has 0 heterocycles. The molecular formula is C22H25BrN2O4S. The molecule has 2 N–H and O–H groups in total. The molecule has 1 unspecified atom stereocenters. The van der Waals surface area contributed by atoms with Gasteiger partial charge in [-0.1, -0.05) is 42.5 Å². The van der Waals surface area contributed by atoms with E-state index in [1.807, 2.05) is 18.2 Å². The van der Waals surface area contributed by atoms with Crippen LogP contribution in [0.2, 0.25) is 0 Å². The monoisotopic (exact) mass is 492 g/mol. The summed E-state index contributed by atoms with van der Waals surface area (Å²) in [6, 6.07) is 16.0. The van der Waals surface area contributed by atoms with Crippen molar-refractivity contribution in [2.75, 3.05) is 18.6 Å². The summed E-state index contributed by atoms with van der Waals surface area (Å²) in [4.78, 5) is 25.6. The van der Waals surface area contributed by atoms with Crippen LogP contribution >= 0.6 is 15.9 Å². The van der Waals surface area contributed by atoms with Crippen LogP contribution in [0.15, 0.2) is 59.1 Å². The minimum atomic E-state index is -3.28. The number of benzene rings is 2. The number of amides is 2. The van der Waals surface area contributed by atoms with Gasteiger partial charge in [-0.15, -0.1) is 0 Å².